The van der Waals surface area contributed by atoms with E-state index in [0.717, 1.165) is 68.0 Å². The molecule has 3 heterocycles. The molecule has 4 aromatic rings. The number of piperazine rings is 1. The van der Waals surface area contributed by atoms with Crippen molar-refractivity contribution in [1.29, 1.82) is 0 Å². The van der Waals surface area contributed by atoms with E-state index in [4.69, 9.17) is 10.5 Å². The zero-order chi connectivity index (χ0) is 23.7. The van der Waals surface area contributed by atoms with Crippen molar-refractivity contribution in [1.82, 2.24) is 19.9 Å². The van der Waals surface area contributed by atoms with Crippen LogP contribution >= 0.6 is 0 Å². The third-order valence-corrected chi connectivity index (χ3v) is 6.46. The molecule has 1 aliphatic heterocycles. The molecule has 176 valence electrons. The lowest BCUT2D eigenvalue weighted by Gasteiger charge is -2.35. The molecule has 0 saturated carbocycles. The van der Waals surface area contributed by atoms with E-state index >= 15 is 0 Å². The van der Waals surface area contributed by atoms with Gasteiger partial charge in [-0.2, -0.15) is 0 Å². The number of nitrogens with one attached hydrogen (secondary N) is 2. The summed E-state index contributed by atoms with van der Waals surface area (Å²) in [7, 11) is 1.64. The van der Waals surface area contributed by atoms with E-state index in [-0.39, 0.29) is 11.4 Å². The van der Waals surface area contributed by atoms with Gasteiger partial charge in [-0.3, -0.25) is 14.5 Å². The van der Waals surface area contributed by atoms with Crippen molar-refractivity contribution in [2.24, 2.45) is 0 Å². The summed E-state index contributed by atoms with van der Waals surface area (Å²) in [5, 5.41) is 4.09. The van der Waals surface area contributed by atoms with Crippen molar-refractivity contribution in [3.05, 3.63) is 62.9 Å². The standard InChI is InChI=1S/C24H27N7O3/c1-34-19-13-26-14-28-24(19)31-9-7-30(8-10-31)6-2-3-15-12-27-18-5-4-16(11-17(15)18)29-21-20(25)22(32)23(21)33/h4-5,11-14,27,29H,2-3,6-10,25H2,1H3. The van der Waals surface area contributed by atoms with Gasteiger partial charge in [0.1, 0.15) is 17.7 Å². The molecule has 1 saturated heterocycles. The number of aromatic nitrogens is 3. The fourth-order valence-corrected chi connectivity index (χ4v) is 4.51. The molecular formula is C24H27N7O3. The van der Waals surface area contributed by atoms with E-state index in [1.807, 2.05) is 24.4 Å². The normalized spacial score (nSPS) is 14.7. The lowest BCUT2D eigenvalue weighted by Crippen LogP contribution is -2.47. The summed E-state index contributed by atoms with van der Waals surface area (Å²) < 4.78 is 5.39. The number of H-pyrrole nitrogens is 1. The second-order valence-electron chi connectivity index (χ2n) is 8.49. The number of rotatable bonds is 8. The quantitative estimate of drug-likeness (QED) is 0.335. The molecule has 0 radical (unpaired) electrons. The fraction of sp³-hybridized carbons (Fsp3) is 0.333. The maximum absolute atomic E-state index is 11.7. The highest BCUT2D eigenvalue weighted by atomic mass is 16.5. The van der Waals surface area contributed by atoms with Gasteiger partial charge in [0.25, 0.3) is 10.9 Å². The Morgan fingerprint density at radius 3 is 2.76 bits per heavy atom. The van der Waals surface area contributed by atoms with Crippen LogP contribution in [0.3, 0.4) is 0 Å². The Morgan fingerprint density at radius 2 is 2.00 bits per heavy atom. The van der Waals surface area contributed by atoms with E-state index in [0.29, 0.717) is 5.75 Å². The van der Waals surface area contributed by atoms with Crippen LogP contribution in [-0.2, 0) is 6.42 Å². The highest BCUT2D eigenvalue weighted by molar-refractivity contribution is 5.88. The van der Waals surface area contributed by atoms with E-state index in [1.54, 1.807) is 19.6 Å². The molecule has 2 aromatic carbocycles. The molecule has 0 bridgehead atoms. The van der Waals surface area contributed by atoms with Gasteiger partial charge in [-0.05, 0) is 43.1 Å². The first kappa shape index (κ1) is 21.9. The van der Waals surface area contributed by atoms with Crippen LogP contribution in [-0.4, -0.2) is 59.7 Å². The molecule has 10 heteroatoms. The molecule has 34 heavy (non-hydrogen) atoms. The maximum atomic E-state index is 11.7. The number of anilines is 4. The van der Waals surface area contributed by atoms with Crippen LogP contribution in [0.2, 0.25) is 0 Å². The second-order valence-corrected chi connectivity index (χ2v) is 8.49. The van der Waals surface area contributed by atoms with Crippen LogP contribution in [0.4, 0.5) is 22.9 Å². The first-order chi connectivity index (χ1) is 16.5. The van der Waals surface area contributed by atoms with Gasteiger partial charge < -0.3 is 25.7 Å². The van der Waals surface area contributed by atoms with E-state index < -0.39 is 10.9 Å². The predicted molar refractivity (Wildman–Crippen MR) is 133 cm³/mol. The topological polar surface area (TPSA) is 129 Å². The number of nitrogens with two attached hydrogens (primary N) is 1. The number of nitrogens with zero attached hydrogens (tertiary/aromatic N) is 4. The summed E-state index contributed by atoms with van der Waals surface area (Å²) >= 11 is 0. The van der Waals surface area contributed by atoms with Gasteiger partial charge in [-0.25, -0.2) is 9.97 Å². The van der Waals surface area contributed by atoms with E-state index in [1.165, 1.54) is 5.56 Å². The SMILES string of the molecule is COc1cncnc1N1CCN(CCCc2c[nH]c3ccc(Nc4c(N)c(=O)c4=O)cc23)CC1. The number of aryl methyl sites for hydroxylation is 1. The molecule has 1 aliphatic rings. The average molecular weight is 462 g/mol. The van der Waals surface area contributed by atoms with Crippen LogP contribution in [0.1, 0.15) is 12.0 Å². The Hall–Kier alpha value is -3.92. The number of fused-ring (bicyclic) bond motifs is 1. The molecule has 0 unspecified atom stereocenters. The van der Waals surface area contributed by atoms with Crippen LogP contribution in [0.15, 0.2) is 46.5 Å². The van der Waals surface area contributed by atoms with Crippen molar-refractivity contribution in [2.45, 2.75) is 12.8 Å². The third-order valence-electron chi connectivity index (χ3n) is 6.46. The summed E-state index contributed by atoms with van der Waals surface area (Å²) in [4.78, 5) is 39.5. The van der Waals surface area contributed by atoms with Gasteiger partial charge in [0.05, 0.1) is 13.3 Å². The first-order valence-electron chi connectivity index (χ1n) is 11.3. The number of hydrogen-bond acceptors (Lipinski definition) is 9. The summed E-state index contributed by atoms with van der Waals surface area (Å²) in [6, 6.07) is 5.82. The molecule has 4 N–H and O–H groups in total. The second kappa shape index (κ2) is 9.14. The molecule has 0 atom stereocenters. The number of hydrogen-bond donors (Lipinski definition) is 3. The summed E-state index contributed by atoms with van der Waals surface area (Å²) in [6.45, 7) is 4.75. The minimum Gasteiger partial charge on any atom is -0.491 e. The molecule has 0 spiro atoms. The number of methoxy groups -OCH3 is 1. The summed E-state index contributed by atoms with van der Waals surface area (Å²) in [6.07, 6.45) is 7.27. The third kappa shape index (κ3) is 4.08. The Bertz CT molecular complexity index is 1380. The molecule has 5 rings (SSSR count). The highest BCUT2D eigenvalue weighted by Crippen LogP contribution is 2.27. The van der Waals surface area contributed by atoms with E-state index in [2.05, 4.69) is 30.1 Å². The Kier molecular flexibility index (Phi) is 5.89. The molecule has 10 nitrogen and oxygen atoms in total. The monoisotopic (exact) mass is 461 g/mol. The first-order valence-corrected chi connectivity index (χ1v) is 11.3. The van der Waals surface area contributed by atoms with Crippen molar-refractivity contribution in [2.75, 3.05) is 55.8 Å². The molecule has 2 aromatic heterocycles. The van der Waals surface area contributed by atoms with Crippen molar-refractivity contribution >= 4 is 33.8 Å². The van der Waals surface area contributed by atoms with Gasteiger partial charge in [0.15, 0.2) is 11.6 Å². The van der Waals surface area contributed by atoms with Crippen LogP contribution in [0.25, 0.3) is 10.9 Å². The molecular weight excluding hydrogens is 434 g/mol. The fourth-order valence-electron chi connectivity index (χ4n) is 4.51. The summed E-state index contributed by atoms with van der Waals surface area (Å²) in [5.74, 6) is 1.56. The number of nitrogen functional groups attached to an aromatic ring is 1. The number of ether oxygens (including phenoxy) is 1. The maximum Gasteiger partial charge on any atom is 0.253 e. The predicted octanol–water partition coefficient (Wildman–Crippen LogP) is 1.64. The largest absolute Gasteiger partial charge is 0.491 e. The Balaban J connectivity index is 1.17. The zero-order valence-corrected chi connectivity index (χ0v) is 19.0. The van der Waals surface area contributed by atoms with Gasteiger partial charge >= 0.3 is 0 Å². The van der Waals surface area contributed by atoms with Gasteiger partial charge in [-0.1, -0.05) is 0 Å². The lowest BCUT2D eigenvalue weighted by molar-refractivity contribution is 0.253. The molecule has 1 fully saturated rings. The minimum atomic E-state index is -0.622. The van der Waals surface area contributed by atoms with Gasteiger partial charge in [0.2, 0.25) is 0 Å². The summed E-state index contributed by atoms with van der Waals surface area (Å²) in [5.41, 5.74) is 7.63. The highest BCUT2D eigenvalue weighted by Gasteiger charge is 2.21. The smallest absolute Gasteiger partial charge is 0.253 e. The minimum absolute atomic E-state index is 0.00218. The number of aromatic amines is 1. The number of benzene rings is 1. The van der Waals surface area contributed by atoms with Crippen molar-refractivity contribution < 1.29 is 4.74 Å². The lowest BCUT2D eigenvalue weighted by atomic mass is 10.1. The zero-order valence-electron chi connectivity index (χ0n) is 19.0. The van der Waals surface area contributed by atoms with Gasteiger partial charge in [-0.15, -0.1) is 0 Å². The van der Waals surface area contributed by atoms with Crippen LogP contribution in [0, 0.1) is 0 Å². The van der Waals surface area contributed by atoms with Crippen LogP contribution in [0.5, 0.6) is 5.75 Å². The van der Waals surface area contributed by atoms with Crippen molar-refractivity contribution in [3.8, 4) is 5.75 Å². The molecule has 0 amide bonds. The Morgan fingerprint density at radius 1 is 1.18 bits per heavy atom. The Labute approximate surface area is 196 Å². The van der Waals surface area contributed by atoms with Crippen molar-refractivity contribution in [3.63, 3.8) is 0 Å². The van der Waals surface area contributed by atoms with Gasteiger partial charge in [0, 0.05) is 49.0 Å². The average Bonchev–Trinajstić information content (AvgIpc) is 3.29. The molecule has 0 aliphatic carbocycles. The van der Waals surface area contributed by atoms with E-state index in [9.17, 15) is 9.59 Å². The van der Waals surface area contributed by atoms with Crippen LogP contribution < -0.4 is 31.5 Å².